The first-order valence-corrected chi connectivity index (χ1v) is 28.8. The Hall–Kier alpha value is -4.90. The van der Waals surface area contributed by atoms with Gasteiger partial charge in [-0.25, -0.2) is 9.59 Å². The summed E-state index contributed by atoms with van der Waals surface area (Å²) in [7, 11) is 0. The quantitative estimate of drug-likeness (QED) is 0.0293. The van der Waals surface area contributed by atoms with E-state index in [2.05, 4.69) is 10.6 Å². The van der Waals surface area contributed by atoms with Gasteiger partial charge in [0.2, 0.25) is 11.8 Å². The number of carboxylic acid groups (broad SMARTS) is 1. The topological polar surface area (TPSA) is 261 Å². The fraction of sp³-hybridized carbons (Fsp3) is 0.833. The van der Waals surface area contributed by atoms with E-state index in [4.69, 9.17) is 23.7 Å². The zero-order valence-corrected chi connectivity index (χ0v) is 50.8. The van der Waals surface area contributed by atoms with Gasteiger partial charge in [-0.05, 0) is 142 Å². The second-order valence-corrected chi connectivity index (χ2v) is 25.8. The number of ketones is 2. The second kappa shape index (κ2) is 36.4. The molecule has 0 rings (SSSR count). The highest BCUT2D eigenvalue weighted by Gasteiger charge is 2.34. The third kappa shape index (κ3) is 42.1. The van der Waals surface area contributed by atoms with Gasteiger partial charge in [0.25, 0.3) is 0 Å². The highest BCUT2D eigenvalue weighted by Crippen LogP contribution is 2.24. The van der Waals surface area contributed by atoms with E-state index in [1.54, 1.807) is 83.1 Å². The molecule has 0 aromatic carbocycles. The molecule has 0 saturated heterocycles. The van der Waals surface area contributed by atoms with Crippen LogP contribution in [0.3, 0.4) is 0 Å². The standard InChI is InChI=1S/C60H104N2O16/c1-56(2,3)74-51(69)31-29-27-25-23-21-19-17-16-18-20-22-24-26-28-30-44(63)40-42(52(70)75-57(4,5)6)32-37-48(65)62-47(55(73)78-60(13,14)15)36-38-49(66)61-46(54(72)77-59(10,11)12)35-34-45(64)41-43(33-39-50(67)68)53(71)76-58(7,8)9/h42-43,46-47H,16-41H2,1-15H3,(H,61,66)(H,62,65)(H,67,68)/t42-,43-,46+,47+/m1/s1. The van der Waals surface area contributed by atoms with Crippen molar-refractivity contribution in [2.45, 2.75) is 311 Å². The first kappa shape index (κ1) is 73.1. The normalized spacial score (nSPS) is 13.7. The van der Waals surface area contributed by atoms with Gasteiger partial charge in [0.05, 0.1) is 11.8 Å². The van der Waals surface area contributed by atoms with E-state index in [0.29, 0.717) is 19.3 Å². The van der Waals surface area contributed by atoms with Crippen LogP contribution in [0.2, 0.25) is 0 Å². The van der Waals surface area contributed by atoms with Crippen molar-refractivity contribution in [3.63, 3.8) is 0 Å². The maximum absolute atomic E-state index is 13.5. The molecule has 0 heterocycles. The lowest BCUT2D eigenvalue weighted by Gasteiger charge is -2.26. The van der Waals surface area contributed by atoms with Crippen LogP contribution in [-0.4, -0.2) is 104 Å². The van der Waals surface area contributed by atoms with Gasteiger partial charge < -0.3 is 39.4 Å². The molecule has 0 aliphatic rings. The minimum atomic E-state index is -1.33. The predicted molar refractivity (Wildman–Crippen MR) is 298 cm³/mol. The molecule has 0 fully saturated rings. The highest BCUT2D eigenvalue weighted by molar-refractivity contribution is 5.89. The van der Waals surface area contributed by atoms with Crippen molar-refractivity contribution in [2.75, 3.05) is 0 Å². The van der Waals surface area contributed by atoms with Crippen molar-refractivity contribution >= 4 is 59.2 Å². The fourth-order valence-electron chi connectivity index (χ4n) is 8.20. The van der Waals surface area contributed by atoms with E-state index in [9.17, 15) is 53.1 Å². The molecule has 4 atom stereocenters. The molecule has 0 saturated carbocycles. The highest BCUT2D eigenvalue weighted by atomic mass is 16.6. The van der Waals surface area contributed by atoms with Crippen molar-refractivity contribution < 1.29 is 76.7 Å². The van der Waals surface area contributed by atoms with Crippen molar-refractivity contribution in [3.05, 3.63) is 0 Å². The molecule has 2 amide bonds. The molecule has 18 nitrogen and oxygen atoms in total. The van der Waals surface area contributed by atoms with Crippen LogP contribution in [0.4, 0.5) is 0 Å². The number of rotatable bonds is 39. The number of Topliss-reactive ketones (excluding diaryl/α,β-unsaturated/α-hetero) is 2. The summed E-state index contributed by atoms with van der Waals surface area (Å²) >= 11 is 0. The molecule has 0 aliphatic heterocycles. The van der Waals surface area contributed by atoms with E-state index in [1.165, 1.54) is 38.5 Å². The zero-order chi connectivity index (χ0) is 59.9. The Bertz CT molecular complexity index is 1890. The number of amides is 2. The van der Waals surface area contributed by atoms with Crippen LogP contribution in [0.15, 0.2) is 0 Å². The van der Waals surface area contributed by atoms with Gasteiger partial charge in [-0.15, -0.1) is 0 Å². The third-order valence-electron chi connectivity index (χ3n) is 11.8. The summed E-state index contributed by atoms with van der Waals surface area (Å²) in [4.78, 5) is 130. The third-order valence-corrected chi connectivity index (χ3v) is 11.8. The van der Waals surface area contributed by atoms with Crippen molar-refractivity contribution in [3.8, 4) is 0 Å². The van der Waals surface area contributed by atoms with Gasteiger partial charge in [0.15, 0.2) is 0 Å². The number of ether oxygens (including phenoxy) is 5. The Morgan fingerprint density at radius 1 is 0.333 bits per heavy atom. The van der Waals surface area contributed by atoms with Gasteiger partial charge in [0, 0.05) is 51.4 Å². The Labute approximate surface area is 467 Å². The molecule has 0 aliphatic carbocycles. The fourth-order valence-corrected chi connectivity index (χ4v) is 8.20. The predicted octanol–water partition coefficient (Wildman–Crippen LogP) is 11.3. The molecule has 78 heavy (non-hydrogen) atoms. The Kier molecular flexibility index (Phi) is 34.1. The summed E-state index contributed by atoms with van der Waals surface area (Å²) in [5, 5.41) is 14.5. The van der Waals surface area contributed by atoms with E-state index >= 15 is 0 Å². The molecule has 0 aromatic heterocycles. The number of hydrogen-bond acceptors (Lipinski definition) is 15. The molecule has 0 spiro atoms. The van der Waals surface area contributed by atoms with E-state index in [1.807, 2.05) is 20.8 Å². The molecule has 0 unspecified atom stereocenters. The first-order valence-electron chi connectivity index (χ1n) is 28.8. The summed E-state index contributed by atoms with van der Waals surface area (Å²) < 4.78 is 27.5. The summed E-state index contributed by atoms with van der Waals surface area (Å²) in [5.74, 6) is -8.16. The van der Waals surface area contributed by atoms with Gasteiger partial charge >= 0.3 is 35.8 Å². The summed E-state index contributed by atoms with van der Waals surface area (Å²) in [6.07, 6.45) is 13.4. The number of carboxylic acids is 1. The average Bonchev–Trinajstić information content (AvgIpc) is 3.25. The van der Waals surface area contributed by atoms with Crippen molar-refractivity contribution in [2.24, 2.45) is 11.8 Å². The van der Waals surface area contributed by atoms with Crippen LogP contribution in [0.25, 0.3) is 0 Å². The Morgan fingerprint density at radius 2 is 0.615 bits per heavy atom. The van der Waals surface area contributed by atoms with Gasteiger partial charge in [-0.3, -0.25) is 38.4 Å². The second-order valence-electron chi connectivity index (χ2n) is 25.8. The molecular formula is C60H104N2O16. The number of carbonyl (C=O) groups excluding carboxylic acids is 9. The minimum Gasteiger partial charge on any atom is -0.481 e. The molecule has 18 heteroatoms. The summed E-state index contributed by atoms with van der Waals surface area (Å²) in [5.41, 5.74) is -4.10. The number of unbranched alkanes of at least 4 members (excludes halogenated alkanes) is 13. The maximum atomic E-state index is 13.5. The minimum absolute atomic E-state index is 0.0434. The van der Waals surface area contributed by atoms with Crippen LogP contribution in [0.5, 0.6) is 0 Å². The van der Waals surface area contributed by atoms with E-state index < -0.39 is 99.4 Å². The van der Waals surface area contributed by atoms with Crippen LogP contribution < -0.4 is 10.6 Å². The number of aliphatic carboxylic acids is 1. The largest absolute Gasteiger partial charge is 0.481 e. The van der Waals surface area contributed by atoms with Crippen LogP contribution in [0, 0.1) is 11.8 Å². The molecule has 3 N–H and O–H groups in total. The average molecular weight is 1110 g/mol. The van der Waals surface area contributed by atoms with Gasteiger partial charge in [-0.2, -0.15) is 0 Å². The molecule has 0 aromatic rings. The Balaban J connectivity index is 5.45. The van der Waals surface area contributed by atoms with Crippen LogP contribution >= 0.6 is 0 Å². The van der Waals surface area contributed by atoms with E-state index in [-0.39, 0.29) is 76.0 Å². The monoisotopic (exact) mass is 1110 g/mol. The lowest BCUT2D eigenvalue weighted by molar-refractivity contribution is -0.162. The summed E-state index contributed by atoms with van der Waals surface area (Å²) in [6, 6.07) is -2.66. The molecule has 0 bridgehead atoms. The lowest BCUT2D eigenvalue weighted by Crippen LogP contribution is -2.47. The van der Waals surface area contributed by atoms with E-state index in [0.717, 1.165) is 44.9 Å². The number of hydrogen-bond donors (Lipinski definition) is 3. The molecule has 450 valence electrons. The number of carbonyl (C=O) groups is 10. The Morgan fingerprint density at radius 3 is 0.962 bits per heavy atom. The summed E-state index contributed by atoms with van der Waals surface area (Å²) in [6.45, 7) is 25.5. The van der Waals surface area contributed by atoms with Gasteiger partial charge in [0.1, 0.15) is 51.7 Å². The van der Waals surface area contributed by atoms with Crippen LogP contribution in [0.1, 0.15) is 271 Å². The lowest BCUT2D eigenvalue weighted by atomic mass is 9.94. The number of nitrogens with one attached hydrogen (secondary N) is 2. The zero-order valence-electron chi connectivity index (χ0n) is 50.8. The van der Waals surface area contributed by atoms with Crippen LogP contribution in [-0.2, 0) is 71.6 Å². The first-order chi connectivity index (χ1) is 35.8. The van der Waals surface area contributed by atoms with Crippen molar-refractivity contribution in [1.29, 1.82) is 0 Å². The number of esters is 5. The maximum Gasteiger partial charge on any atom is 0.329 e. The molecule has 0 radical (unpaired) electrons. The smallest absolute Gasteiger partial charge is 0.329 e. The SMILES string of the molecule is CC(C)(C)OC(=O)CCCCCCCCCCCCCCCCC(=O)C[C@@H](CCC(=O)N[C@@H](CCC(=O)N[C@@H](CCC(=O)C[C@@H](CCC(=O)O)C(=O)OC(C)(C)C)C(=O)OC(C)(C)C)C(=O)OC(C)(C)C)C(=O)OC(C)(C)C. The van der Waals surface area contributed by atoms with Crippen molar-refractivity contribution in [1.82, 2.24) is 10.6 Å². The molecular weight excluding hydrogens is 1000 g/mol. The van der Waals surface area contributed by atoms with Gasteiger partial charge in [-0.1, -0.05) is 77.0 Å².